The van der Waals surface area contributed by atoms with Crippen LogP contribution in [0.2, 0.25) is 0 Å². The van der Waals surface area contributed by atoms with E-state index in [4.69, 9.17) is 11.6 Å². The number of carbonyl (C=O) groups excluding carboxylic acids is 1. The number of nitrogens with zero attached hydrogens (tertiary/aromatic N) is 2. The molecule has 2 amide bonds. The third kappa shape index (κ3) is 2.35. The number of aliphatic hydroxyl groups excluding tert-OH is 2. The largest absolute Gasteiger partial charge is 0.396 e. The normalized spacial score (nSPS) is 25.9. The van der Waals surface area contributed by atoms with Gasteiger partial charge in [-0.2, -0.15) is 4.99 Å². The summed E-state index contributed by atoms with van der Waals surface area (Å²) in [4.78, 5) is 19.8. The number of rotatable bonds is 4. The zero-order valence-electron chi connectivity index (χ0n) is 11.5. The smallest absolute Gasteiger partial charge is 0.343 e. The first kappa shape index (κ1) is 14.9. The third-order valence-electron chi connectivity index (χ3n) is 3.83. The van der Waals surface area contributed by atoms with Gasteiger partial charge in [0.1, 0.15) is 0 Å². The Kier molecular flexibility index (Phi) is 3.82. The number of benzene rings is 1. The van der Waals surface area contributed by atoms with Crippen LogP contribution in [0.1, 0.15) is 11.7 Å². The van der Waals surface area contributed by atoms with Crippen LogP contribution in [0.25, 0.3) is 0 Å². The highest BCUT2D eigenvalue weighted by Crippen LogP contribution is 2.37. The summed E-state index contributed by atoms with van der Waals surface area (Å²) in [6.45, 7) is -0.391. The summed E-state index contributed by atoms with van der Waals surface area (Å²) in [7, 11) is 0. The molecule has 0 saturated carbocycles. The predicted molar refractivity (Wildman–Crippen MR) is 83.1 cm³/mol. The molecule has 3 N–H and O–H groups in total. The number of fused-ring (bicyclic) bond motifs is 1. The summed E-state index contributed by atoms with van der Waals surface area (Å²) in [5, 5.41) is 23.4. The van der Waals surface area contributed by atoms with Gasteiger partial charge in [0, 0.05) is 6.21 Å². The molecule has 0 fully saturated rings. The summed E-state index contributed by atoms with van der Waals surface area (Å²) < 4.78 is 0. The van der Waals surface area contributed by atoms with Crippen molar-refractivity contribution in [1.29, 1.82) is 0 Å². The van der Waals surface area contributed by atoms with Crippen molar-refractivity contribution >= 4 is 29.6 Å². The number of aliphatic hydroxyl groups is 2. The molecule has 0 aromatic heterocycles. The van der Waals surface area contributed by atoms with Crippen molar-refractivity contribution < 1.29 is 15.0 Å². The van der Waals surface area contributed by atoms with Crippen LogP contribution in [0, 0.1) is 5.92 Å². The second kappa shape index (κ2) is 5.64. The molecule has 0 spiro atoms. The fourth-order valence-electron chi connectivity index (χ4n) is 2.74. The fourth-order valence-corrected chi connectivity index (χ4v) is 2.90. The van der Waals surface area contributed by atoms with Crippen molar-refractivity contribution in [1.82, 2.24) is 5.32 Å². The van der Waals surface area contributed by atoms with Gasteiger partial charge in [-0.25, -0.2) is 4.79 Å². The molecule has 2 aliphatic rings. The second-order valence-electron chi connectivity index (χ2n) is 5.13. The van der Waals surface area contributed by atoms with Crippen molar-refractivity contribution in [3.8, 4) is 0 Å². The van der Waals surface area contributed by atoms with E-state index in [0.717, 1.165) is 0 Å². The minimum Gasteiger partial charge on any atom is -0.396 e. The molecule has 0 saturated heterocycles. The predicted octanol–water partition coefficient (Wildman–Crippen LogP) is 1.40. The average molecular weight is 320 g/mol. The van der Waals surface area contributed by atoms with Gasteiger partial charge in [-0.3, -0.25) is 4.99 Å². The van der Waals surface area contributed by atoms with Gasteiger partial charge in [0.05, 0.1) is 29.4 Å². The van der Waals surface area contributed by atoms with Crippen LogP contribution >= 0.6 is 11.6 Å². The highest BCUT2D eigenvalue weighted by atomic mass is 35.5. The Morgan fingerprint density at radius 1 is 1.32 bits per heavy atom. The van der Waals surface area contributed by atoms with E-state index in [-0.39, 0.29) is 0 Å². The molecule has 1 unspecified atom stereocenters. The minimum absolute atomic E-state index is 0.291. The highest BCUT2D eigenvalue weighted by molar-refractivity contribution is 6.42. The molecular formula is C15H14ClN3O3. The maximum atomic E-state index is 11.7. The van der Waals surface area contributed by atoms with Crippen molar-refractivity contribution in [3.05, 3.63) is 47.0 Å². The molecular weight excluding hydrogens is 306 g/mol. The van der Waals surface area contributed by atoms with Crippen molar-refractivity contribution in [2.24, 2.45) is 15.9 Å². The molecule has 1 aromatic rings. The zero-order chi connectivity index (χ0) is 15.7. The van der Waals surface area contributed by atoms with E-state index in [1.165, 1.54) is 12.3 Å². The Balaban J connectivity index is 2.02. The standard InChI is InChI=1S/C15H14ClN3O3/c16-10-6-12-15(17-7-10,19-14(22)18-12)11(8-20)13(21)9-4-2-1-3-5-9/h1-7,11,13,20-21H,8H2,(H,19,22)/t11-,13+,15?/m1/s1. The SMILES string of the molecule is O=C1N=C2C=C(Cl)C=NC2([C@H](CO)[C@@H](O)c2ccccc2)N1. The first-order valence-electron chi connectivity index (χ1n) is 6.74. The van der Waals surface area contributed by atoms with E-state index in [9.17, 15) is 15.0 Å². The number of hydrogen-bond donors (Lipinski definition) is 3. The summed E-state index contributed by atoms with van der Waals surface area (Å²) >= 11 is 5.90. The molecule has 2 aliphatic heterocycles. The van der Waals surface area contributed by atoms with Crippen LogP contribution < -0.4 is 5.32 Å². The summed E-state index contributed by atoms with van der Waals surface area (Å²) in [5.74, 6) is -0.794. The number of nitrogens with one attached hydrogen (secondary N) is 1. The molecule has 0 bridgehead atoms. The number of dihydropyridines is 1. The quantitative estimate of drug-likeness (QED) is 0.783. The number of urea groups is 1. The molecule has 2 heterocycles. The van der Waals surface area contributed by atoms with Crippen LogP contribution in [-0.2, 0) is 0 Å². The topological polar surface area (TPSA) is 94.3 Å². The lowest BCUT2D eigenvalue weighted by Crippen LogP contribution is -2.56. The summed E-state index contributed by atoms with van der Waals surface area (Å²) in [6.07, 6.45) is 1.86. The number of allylic oxidation sites excluding steroid dienone is 1. The molecule has 3 rings (SSSR count). The highest BCUT2D eigenvalue weighted by Gasteiger charge is 2.51. The van der Waals surface area contributed by atoms with Gasteiger partial charge in [0.15, 0.2) is 5.66 Å². The molecule has 114 valence electrons. The Bertz CT molecular complexity index is 687. The van der Waals surface area contributed by atoms with Gasteiger partial charge in [0.25, 0.3) is 0 Å². The molecule has 0 radical (unpaired) electrons. The lowest BCUT2D eigenvalue weighted by Gasteiger charge is -2.37. The lowest BCUT2D eigenvalue weighted by atomic mass is 9.81. The average Bonchev–Trinajstić information content (AvgIpc) is 2.84. The fraction of sp³-hybridized carbons (Fsp3) is 0.267. The van der Waals surface area contributed by atoms with Crippen LogP contribution in [0.5, 0.6) is 0 Å². The first-order valence-corrected chi connectivity index (χ1v) is 7.12. The van der Waals surface area contributed by atoms with Gasteiger partial charge in [-0.05, 0) is 11.6 Å². The van der Waals surface area contributed by atoms with E-state index in [1.807, 2.05) is 6.07 Å². The second-order valence-corrected chi connectivity index (χ2v) is 5.56. The molecule has 1 aromatic carbocycles. The Labute approximate surface area is 131 Å². The van der Waals surface area contributed by atoms with E-state index in [2.05, 4.69) is 15.3 Å². The van der Waals surface area contributed by atoms with Crippen molar-refractivity contribution in [3.63, 3.8) is 0 Å². The maximum absolute atomic E-state index is 11.7. The number of halogens is 1. The van der Waals surface area contributed by atoms with Crippen molar-refractivity contribution in [2.45, 2.75) is 11.8 Å². The summed E-state index contributed by atoms with van der Waals surface area (Å²) in [5.41, 5.74) is -0.397. The Hall–Kier alpha value is -2.02. The van der Waals surface area contributed by atoms with E-state index < -0.39 is 30.3 Å². The van der Waals surface area contributed by atoms with Crippen LogP contribution in [0.15, 0.2) is 51.4 Å². The lowest BCUT2D eigenvalue weighted by molar-refractivity contribution is 0.0350. The Morgan fingerprint density at radius 3 is 2.73 bits per heavy atom. The third-order valence-corrected chi connectivity index (χ3v) is 4.04. The van der Waals surface area contributed by atoms with Crippen molar-refractivity contribution in [2.75, 3.05) is 6.61 Å². The Morgan fingerprint density at radius 2 is 2.05 bits per heavy atom. The maximum Gasteiger partial charge on any atom is 0.343 e. The molecule has 6 nitrogen and oxygen atoms in total. The molecule has 7 heteroatoms. The number of amides is 2. The molecule has 3 atom stereocenters. The van der Waals surface area contributed by atoms with Gasteiger partial charge >= 0.3 is 6.03 Å². The van der Waals surface area contributed by atoms with Gasteiger partial charge in [-0.1, -0.05) is 41.9 Å². The first-order chi connectivity index (χ1) is 10.6. The minimum atomic E-state index is -1.31. The van der Waals surface area contributed by atoms with Crippen LogP contribution in [0.3, 0.4) is 0 Å². The van der Waals surface area contributed by atoms with E-state index >= 15 is 0 Å². The number of aliphatic imine (C=N–C) groups is 2. The van der Waals surface area contributed by atoms with Crippen LogP contribution in [0.4, 0.5) is 4.79 Å². The number of hydrogen-bond acceptors (Lipinski definition) is 4. The molecule has 22 heavy (non-hydrogen) atoms. The number of carbonyl (C=O) groups is 1. The van der Waals surface area contributed by atoms with Gasteiger partial charge < -0.3 is 15.5 Å². The van der Waals surface area contributed by atoms with E-state index in [0.29, 0.717) is 16.3 Å². The van der Waals surface area contributed by atoms with Crippen LogP contribution in [-0.4, -0.2) is 40.4 Å². The zero-order valence-corrected chi connectivity index (χ0v) is 12.2. The van der Waals surface area contributed by atoms with E-state index in [1.54, 1.807) is 24.3 Å². The summed E-state index contributed by atoms with van der Waals surface area (Å²) in [6, 6.07) is 8.31. The van der Waals surface area contributed by atoms with Gasteiger partial charge in [-0.15, -0.1) is 0 Å². The molecule has 0 aliphatic carbocycles. The monoisotopic (exact) mass is 319 g/mol. The van der Waals surface area contributed by atoms with Gasteiger partial charge in [0.2, 0.25) is 0 Å².